The Morgan fingerprint density at radius 1 is 1.24 bits per heavy atom. The molecule has 1 atom stereocenters. The highest BCUT2D eigenvalue weighted by Gasteiger charge is 2.10. The van der Waals surface area contributed by atoms with Gasteiger partial charge < -0.3 is 5.32 Å². The average molecular weight is 229 g/mol. The minimum Gasteiger partial charge on any atom is -0.311 e. The van der Waals surface area contributed by atoms with Crippen molar-refractivity contribution in [3.63, 3.8) is 0 Å². The van der Waals surface area contributed by atoms with E-state index in [2.05, 4.69) is 42.5 Å². The average Bonchev–Trinajstić information content (AvgIpc) is 2.77. The molecule has 90 valence electrons. The van der Waals surface area contributed by atoms with E-state index in [9.17, 15) is 0 Å². The third-order valence-electron chi connectivity index (χ3n) is 2.92. The molecular weight excluding hydrogens is 210 g/mol. The van der Waals surface area contributed by atoms with E-state index < -0.39 is 0 Å². The molecule has 0 spiro atoms. The molecule has 0 bridgehead atoms. The van der Waals surface area contributed by atoms with Gasteiger partial charge >= 0.3 is 0 Å². The van der Waals surface area contributed by atoms with Crippen molar-refractivity contribution < 1.29 is 0 Å². The van der Waals surface area contributed by atoms with Crippen LogP contribution < -0.4 is 5.32 Å². The van der Waals surface area contributed by atoms with E-state index in [1.807, 2.05) is 30.2 Å². The molecule has 0 amide bonds. The Kier molecular flexibility index (Phi) is 3.59. The smallest absolute Gasteiger partial charge is 0.0604 e. The monoisotopic (exact) mass is 229 g/mol. The van der Waals surface area contributed by atoms with E-state index in [0.717, 1.165) is 6.54 Å². The van der Waals surface area contributed by atoms with Crippen LogP contribution in [-0.4, -0.2) is 16.8 Å². The SMILES string of the molecule is CNC(Cn1cccn1)c1cc(C)cc(C)c1. The van der Waals surface area contributed by atoms with Crippen LogP contribution in [0.1, 0.15) is 22.7 Å². The van der Waals surface area contributed by atoms with Crippen molar-refractivity contribution >= 4 is 0 Å². The first-order valence-corrected chi connectivity index (χ1v) is 5.92. The maximum Gasteiger partial charge on any atom is 0.0604 e. The molecule has 1 heterocycles. The zero-order chi connectivity index (χ0) is 12.3. The number of likely N-dealkylation sites (N-methyl/N-ethyl adjacent to an activating group) is 1. The van der Waals surface area contributed by atoms with Gasteiger partial charge in [0.25, 0.3) is 0 Å². The Morgan fingerprint density at radius 2 is 1.94 bits per heavy atom. The molecule has 0 aliphatic heterocycles. The van der Waals surface area contributed by atoms with E-state index in [1.165, 1.54) is 16.7 Å². The van der Waals surface area contributed by atoms with Crippen LogP contribution in [0.4, 0.5) is 0 Å². The molecule has 0 saturated heterocycles. The predicted molar refractivity (Wildman–Crippen MR) is 69.9 cm³/mol. The minimum absolute atomic E-state index is 0.300. The van der Waals surface area contributed by atoms with Gasteiger partial charge in [-0.05, 0) is 32.5 Å². The summed E-state index contributed by atoms with van der Waals surface area (Å²) in [5.41, 5.74) is 3.93. The summed E-state index contributed by atoms with van der Waals surface area (Å²) in [4.78, 5) is 0. The third-order valence-corrected chi connectivity index (χ3v) is 2.92. The Morgan fingerprint density at radius 3 is 2.47 bits per heavy atom. The standard InChI is InChI=1S/C14H19N3/c1-11-7-12(2)9-13(8-11)14(15-3)10-17-6-4-5-16-17/h4-9,14-15H,10H2,1-3H3. The number of aryl methyl sites for hydroxylation is 2. The zero-order valence-electron chi connectivity index (χ0n) is 10.6. The van der Waals surface area contributed by atoms with E-state index in [1.54, 1.807) is 0 Å². The van der Waals surface area contributed by atoms with Crippen molar-refractivity contribution in [2.75, 3.05) is 7.05 Å². The van der Waals surface area contributed by atoms with Gasteiger partial charge in [0.1, 0.15) is 0 Å². The normalized spacial score (nSPS) is 12.6. The fraction of sp³-hybridized carbons (Fsp3) is 0.357. The number of aromatic nitrogens is 2. The van der Waals surface area contributed by atoms with Gasteiger partial charge in [0.15, 0.2) is 0 Å². The molecule has 2 aromatic rings. The molecule has 3 nitrogen and oxygen atoms in total. The van der Waals surface area contributed by atoms with Crippen LogP contribution in [0.15, 0.2) is 36.7 Å². The summed E-state index contributed by atoms with van der Waals surface area (Å²) in [6.45, 7) is 5.13. The molecule has 1 aromatic heterocycles. The number of hydrogen-bond acceptors (Lipinski definition) is 2. The minimum atomic E-state index is 0.300. The van der Waals surface area contributed by atoms with Crippen LogP contribution in [-0.2, 0) is 6.54 Å². The first kappa shape index (κ1) is 11.9. The van der Waals surface area contributed by atoms with E-state index in [-0.39, 0.29) is 0 Å². The molecule has 2 rings (SSSR count). The molecule has 17 heavy (non-hydrogen) atoms. The quantitative estimate of drug-likeness (QED) is 0.872. The lowest BCUT2D eigenvalue weighted by molar-refractivity contribution is 0.468. The third kappa shape index (κ3) is 2.94. The van der Waals surface area contributed by atoms with Gasteiger partial charge in [-0.1, -0.05) is 29.3 Å². The number of benzene rings is 1. The number of nitrogens with one attached hydrogen (secondary N) is 1. The predicted octanol–water partition coefficient (Wildman–Crippen LogP) is 2.46. The van der Waals surface area contributed by atoms with Crippen LogP contribution in [0.25, 0.3) is 0 Å². The van der Waals surface area contributed by atoms with Gasteiger partial charge in [0.05, 0.1) is 12.6 Å². The molecule has 0 aliphatic carbocycles. The van der Waals surface area contributed by atoms with Crippen LogP contribution in [0.2, 0.25) is 0 Å². The van der Waals surface area contributed by atoms with Crippen molar-refractivity contribution in [1.29, 1.82) is 0 Å². The lowest BCUT2D eigenvalue weighted by atomic mass is 10.0. The summed E-state index contributed by atoms with van der Waals surface area (Å²) < 4.78 is 1.96. The Balaban J connectivity index is 2.22. The summed E-state index contributed by atoms with van der Waals surface area (Å²) >= 11 is 0. The second-order valence-corrected chi connectivity index (χ2v) is 4.49. The zero-order valence-corrected chi connectivity index (χ0v) is 10.6. The van der Waals surface area contributed by atoms with Gasteiger partial charge in [0.2, 0.25) is 0 Å². The largest absolute Gasteiger partial charge is 0.311 e. The fourth-order valence-corrected chi connectivity index (χ4v) is 2.17. The lowest BCUT2D eigenvalue weighted by Gasteiger charge is -2.18. The molecular formula is C14H19N3. The summed E-state index contributed by atoms with van der Waals surface area (Å²) in [5.74, 6) is 0. The molecule has 1 unspecified atom stereocenters. The van der Waals surface area contributed by atoms with Gasteiger partial charge in [0, 0.05) is 12.4 Å². The maximum absolute atomic E-state index is 4.25. The van der Waals surface area contributed by atoms with Crippen molar-refractivity contribution in [3.8, 4) is 0 Å². The Labute approximate surface area is 102 Å². The van der Waals surface area contributed by atoms with Crippen molar-refractivity contribution in [3.05, 3.63) is 53.3 Å². The van der Waals surface area contributed by atoms with Crippen LogP contribution in [0, 0.1) is 13.8 Å². The van der Waals surface area contributed by atoms with Gasteiger partial charge in [-0.15, -0.1) is 0 Å². The maximum atomic E-state index is 4.25. The highest BCUT2D eigenvalue weighted by molar-refractivity contribution is 5.30. The molecule has 0 aliphatic rings. The fourth-order valence-electron chi connectivity index (χ4n) is 2.17. The lowest BCUT2D eigenvalue weighted by Crippen LogP contribution is -2.22. The van der Waals surface area contributed by atoms with E-state index in [4.69, 9.17) is 0 Å². The highest BCUT2D eigenvalue weighted by atomic mass is 15.3. The molecule has 3 heteroatoms. The molecule has 0 saturated carbocycles. The Hall–Kier alpha value is -1.61. The first-order chi connectivity index (χ1) is 8.19. The van der Waals surface area contributed by atoms with Crippen molar-refractivity contribution in [2.45, 2.75) is 26.4 Å². The van der Waals surface area contributed by atoms with Gasteiger partial charge in [-0.3, -0.25) is 4.68 Å². The number of nitrogens with zero attached hydrogens (tertiary/aromatic N) is 2. The second-order valence-electron chi connectivity index (χ2n) is 4.49. The van der Waals surface area contributed by atoms with Crippen LogP contribution >= 0.6 is 0 Å². The summed E-state index contributed by atoms with van der Waals surface area (Å²) in [6.07, 6.45) is 3.81. The highest BCUT2D eigenvalue weighted by Crippen LogP contribution is 2.18. The summed E-state index contributed by atoms with van der Waals surface area (Å²) in [5, 5.41) is 7.60. The molecule has 1 N–H and O–H groups in total. The van der Waals surface area contributed by atoms with Crippen molar-refractivity contribution in [1.82, 2.24) is 15.1 Å². The second kappa shape index (κ2) is 5.15. The summed E-state index contributed by atoms with van der Waals surface area (Å²) in [6, 6.07) is 8.92. The van der Waals surface area contributed by atoms with E-state index in [0.29, 0.717) is 6.04 Å². The van der Waals surface area contributed by atoms with E-state index >= 15 is 0 Å². The number of rotatable bonds is 4. The van der Waals surface area contributed by atoms with Crippen LogP contribution in [0.5, 0.6) is 0 Å². The van der Waals surface area contributed by atoms with Gasteiger partial charge in [-0.25, -0.2) is 0 Å². The van der Waals surface area contributed by atoms with Crippen molar-refractivity contribution in [2.24, 2.45) is 0 Å². The summed E-state index contributed by atoms with van der Waals surface area (Å²) in [7, 11) is 1.99. The van der Waals surface area contributed by atoms with Gasteiger partial charge in [-0.2, -0.15) is 5.10 Å². The first-order valence-electron chi connectivity index (χ1n) is 5.92. The molecule has 0 fully saturated rings. The molecule has 1 aromatic carbocycles. The topological polar surface area (TPSA) is 29.9 Å². The molecule has 0 radical (unpaired) electrons. The Bertz CT molecular complexity index is 454. The number of hydrogen-bond donors (Lipinski definition) is 1. The van der Waals surface area contributed by atoms with Crippen LogP contribution in [0.3, 0.4) is 0 Å².